The maximum Gasteiger partial charge on any atom is 0.491 e. The molecule has 0 spiro atoms. The highest BCUT2D eigenvalue weighted by Gasteiger charge is 2.68. The number of ether oxygens (including phenoxy) is 1. The van der Waals surface area contributed by atoms with Gasteiger partial charge >= 0.3 is 13.1 Å². The second-order valence-electron chi connectivity index (χ2n) is 13.1. The molecule has 3 fully saturated rings. The summed E-state index contributed by atoms with van der Waals surface area (Å²) in [7, 11) is -0.880. The molecule has 0 saturated heterocycles. The Balaban J connectivity index is 1.37. The zero-order valence-electron chi connectivity index (χ0n) is 23.4. The molecule has 1 aliphatic heterocycles. The van der Waals surface area contributed by atoms with Crippen LogP contribution < -0.4 is 5.46 Å². The minimum Gasteiger partial charge on any atom is -0.462 e. The van der Waals surface area contributed by atoms with E-state index >= 15 is 0 Å². The fourth-order valence-corrected chi connectivity index (χ4v) is 8.58. The SMILES string of the molecule is C=C[C@]1(C)C[C@@H](OC(=O)CCCc2ccc3c(c2)B(O)OC3)[C@]2(C)[C@H](C)CC[C@]3(CCC(=O)[C@H]32)[C@@H](C)[C@@H]1O. The summed E-state index contributed by atoms with van der Waals surface area (Å²) in [5.41, 5.74) is 1.47. The molecule has 0 unspecified atom stereocenters. The zero-order chi connectivity index (χ0) is 27.5. The monoisotopic (exact) mass is 522 g/mol. The van der Waals surface area contributed by atoms with E-state index in [1.807, 2.05) is 31.2 Å². The molecule has 1 heterocycles. The number of carbonyl (C=O) groups excluding carboxylic acids is 2. The van der Waals surface area contributed by atoms with Crippen molar-refractivity contribution >= 4 is 24.3 Å². The molecule has 0 aromatic heterocycles. The molecule has 206 valence electrons. The number of aliphatic hydroxyl groups excluding tert-OH is 1. The highest BCUT2D eigenvalue weighted by Crippen LogP contribution is 2.68. The molecule has 7 heteroatoms. The minimum atomic E-state index is -0.880. The summed E-state index contributed by atoms with van der Waals surface area (Å²) < 4.78 is 11.6. The van der Waals surface area contributed by atoms with Gasteiger partial charge in [-0.05, 0) is 72.4 Å². The van der Waals surface area contributed by atoms with Gasteiger partial charge in [-0.2, -0.15) is 0 Å². The molecule has 0 radical (unpaired) electrons. The first kappa shape index (κ1) is 27.6. The highest BCUT2D eigenvalue weighted by atomic mass is 16.5. The van der Waals surface area contributed by atoms with Crippen molar-refractivity contribution < 1.29 is 29.1 Å². The van der Waals surface area contributed by atoms with Gasteiger partial charge in [0, 0.05) is 29.6 Å². The van der Waals surface area contributed by atoms with Crippen LogP contribution in [0.5, 0.6) is 0 Å². The van der Waals surface area contributed by atoms with Gasteiger partial charge in [-0.25, -0.2) is 0 Å². The second kappa shape index (κ2) is 9.90. The fraction of sp³-hybridized carbons (Fsp3) is 0.677. The summed E-state index contributed by atoms with van der Waals surface area (Å²) in [5.74, 6) is -0.0254. The Hall–Kier alpha value is -1.96. The topological polar surface area (TPSA) is 93.1 Å². The average molecular weight is 522 g/mol. The standard InChI is InChI=1S/C31H43BO6/c1-6-29(4)17-25(38-26(34)9-7-8-21-10-11-22-18-37-32(36)23(22)16-21)30(5)19(2)12-14-31(20(3)28(29)35)15-13-24(33)27(30)31/h6,10-11,16,19-20,25,27-28,35-36H,1,7-9,12-15,17-18H2,2-5H3/t19-,20+,25-,27+,28+,29-,30+,31+/m1/s1. The van der Waals surface area contributed by atoms with Gasteiger partial charge in [0.25, 0.3) is 0 Å². The van der Waals surface area contributed by atoms with Crippen LogP contribution in [0.1, 0.15) is 83.8 Å². The first-order valence-electron chi connectivity index (χ1n) is 14.4. The van der Waals surface area contributed by atoms with E-state index in [9.17, 15) is 19.7 Å². The van der Waals surface area contributed by atoms with Gasteiger partial charge in [0.05, 0.1) is 12.7 Å². The largest absolute Gasteiger partial charge is 0.491 e. The van der Waals surface area contributed by atoms with E-state index in [0.717, 1.165) is 35.9 Å². The van der Waals surface area contributed by atoms with Crippen LogP contribution in [0.3, 0.4) is 0 Å². The van der Waals surface area contributed by atoms with Crippen molar-refractivity contribution in [1.29, 1.82) is 0 Å². The lowest BCUT2D eigenvalue weighted by Gasteiger charge is -2.61. The maximum absolute atomic E-state index is 13.5. The van der Waals surface area contributed by atoms with E-state index in [0.29, 0.717) is 32.3 Å². The van der Waals surface area contributed by atoms with E-state index < -0.39 is 30.2 Å². The number of esters is 1. The molecule has 3 saturated carbocycles. The van der Waals surface area contributed by atoms with Crippen molar-refractivity contribution in [3.05, 3.63) is 42.0 Å². The molecule has 4 aliphatic rings. The van der Waals surface area contributed by atoms with Crippen LogP contribution in [0, 0.1) is 34.0 Å². The van der Waals surface area contributed by atoms with Crippen LogP contribution in [-0.4, -0.2) is 41.2 Å². The lowest BCUT2D eigenvalue weighted by Crippen LogP contribution is -2.63. The van der Waals surface area contributed by atoms with Crippen molar-refractivity contribution in [3.8, 4) is 0 Å². The third-order valence-electron chi connectivity index (χ3n) is 11.3. The number of hydrogen-bond donors (Lipinski definition) is 2. The average Bonchev–Trinajstić information content (AvgIpc) is 3.45. The molecule has 5 rings (SSSR count). The quantitative estimate of drug-likeness (QED) is 0.332. The third-order valence-corrected chi connectivity index (χ3v) is 11.3. The van der Waals surface area contributed by atoms with Gasteiger partial charge in [-0.3, -0.25) is 9.59 Å². The molecule has 0 amide bonds. The van der Waals surface area contributed by atoms with Gasteiger partial charge in [0.1, 0.15) is 11.9 Å². The van der Waals surface area contributed by atoms with Gasteiger partial charge in [-0.15, -0.1) is 6.58 Å². The van der Waals surface area contributed by atoms with Crippen molar-refractivity contribution in [2.75, 3.05) is 0 Å². The molecule has 6 nitrogen and oxygen atoms in total. The van der Waals surface area contributed by atoms with Crippen molar-refractivity contribution in [2.45, 2.75) is 97.9 Å². The normalized spacial score (nSPS) is 40.2. The number of carbonyl (C=O) groups is 2. The first-order chi connectivity index (χ1) is 18.0. The summed E-state index contributed by atoms with van der Waals surface area (Å²) in [5, 5.41) is 21.6. The number of ketones is 1. The molecule has 1 aromatic rings. The number of fused-ring (bicyclic) bond motifs is 1. The predicted octanol–water partition coefficient (Wildman–Crippen LogP) is 4.13. The van der Waals surface area contributed by atoms with Crippen molar-refractivity contribution in [3.63, 3.8) is 0 Å². The van der Waals surface area contributed by atoms with Crippen LogP contribution in [0.2, 0.25) is 0 Å². The molecule has 1 aromatic carbocycles. The molecule has 2 bridgehead atoms. The Kier molecular flexibility index (Phi) is 7.19. The Morgan fingerprint density at radius 2 is 2.05 bits per heavy atom. The molecular weight excluding hydrogens is 479 g/mol. The molecule has 2 N–H and O–H groups in total. The maximum atomic E-state index is 13.5. The van der Waals surface area contributed by atoms with Crippen molar-refractivity contribution in [1.82, 2.24) is 0 Å². The number of aryl methyl sites for hydroxylation is 1. The molecule has 8 atom stereocenters. The Morgan fingerprint density at radius 3 is 2.79 bits per heavy atom. The van der Waals surface area contributed by atoms with Gasteiger partial charge < -0.3 is 19.5 Å². The zero-order valence-corrected chi connectivity index (χ0v) is 23.4. The summed E-state index contributed by atoms with van der Waals surface area (Å²) in [4.78, 5) is 26.8. The van der Waals surface area contributed by atoms with E-state index in [2.05, 4.69) is 27.4 Å². The third kappa shape index (κ3) is 4.20. The minimum absolute atomic E-state index is 0.0401. The number of Topliss-reactive ketones (excluding diaryl/α,β-unsaturated/α-hetero) is 1. The van der Waals surface area contributed by atoms with Crippen LogP contribution in [0.15, 0.2) is 30.9 Å². The van der Waals surface area contributed by atoms with Crippen LogP contribution >= 0.6 is 0 Å². The number of aliphatic hydroxyl groups is 1. The van der Waals surface area contributed by atoms with Crippen LogP contribution in [0.4, 0.5) is 0 Å². The number of hydrogen-bond acceptors (Lipinski definition) is 6. The van der Waals surface area contributed by atoms with Gasteiger partial charge in [0.2, 0.25) is 0 Å². The Labute approximate surface area is 227 Å². The summed E-state index contributed by atoms with van der Waals surface area (Å²) >= 11 is 0. The Bertz CT molecular complexity index is 1120. The van der Waals surface area contributed by atoms with Crippen LogP contribution in [-0.2, 0) is 32.0 Å². The van der Waals surface area contributed by atoms with Gasteiger partial charge in [0.15, 0.2) is 0 Å². The second-order valence-corrected chi connectivity index (χ2v) is 13.1. The predicted molar refractivity (Wildman–Crippen MR) is 146 cm³/mol. The highest BCUT2D eigenvalue weighted by molar-refractivity contribution is 6.61. The summed E-state index contributed by atoms with van der Waals surface area (Å²) in [6.07, 6.45) is 5.95. The smallest absolute Gasteiger partial charge is 0.462 e. The van der Waals surface area contributed by atoms with E-state index in [1.54, 1.807) is 0 Å². The Morgan fingerprint density at radius 1 is 1.29 bits per heavy atom. The number of benzene rings is 1. The molecule has 3 aliphatic carbocycles. The van der Waals surface area contributed by atoms with E-state index in [-0.39, 0.29) is 41.3 Å². The summed E-state index contributed by atoms with van der Waals surface area (Å²) in [6.45, 7) is 13.0. The molecule has 38 heavy (non-hydrogen) atoms. The van der Waals surface area contributed by atoms with Crippen molar-refractivity contribution in [2.24, 2.45) is 34.0 Å². The van der Waals surface area contributed by atoms with E-state index in [1.165, 1.54) is 0 Å². The molecular formula is C31H43BO6. The van der Waals surface area contributed by atoms with E-state index in [4.69, 9.17) is 9.39 Å². The van der Waals surface area contributed by atoms with Crippen LogP contribution in [0.25, 0.3) is 0 Å². The lowest BCUT2D eigenvalue weighted by molar-refractivity contribution is -0.206. The lowest BCUT2D eigenvalue weighted by atomic mass is 9.44. The number of rotatable bonds is 6. The first-order valence-corrected chi connectivity index (χ1v) is 14.4. The van der Waals surface area contributed by atoms with Gasteiger partial charge in [-0.1, -0.05) is 52.0 Å². The fourth-order valence-electron chi connectivity index (χ4n) is 8.58. The summed E-state index contributed by atoms with van der Waals surface area (Å²) in [6, 6.07) is 5.96.